The molecule has 0 aliphatic rings. The summed E-state index contributed by atoms with van der Waals surface area (Å²) in [4.78, 5) is 4.22. The summed E-state index contributed by atoms with van der Waals surface area (Å²) in [6.07, 6.45) is 2.28. The first kappa shape index (κ1) is 15.9. The summed E-state index contributed by atoms with van der Waals surface area (Å²) in [5.41, 5.74) is 1.20. The quantitative estimate of drug-likeness (QED) is 0.878. The average molecular weight is 316 g/mol. The summed E-state index contributed by atoms with van der Waals surface area (Å²) in [5.74, 6) is 0.470. The number of aromatic nitrogens is 1. The monoisotopic (exact) mass is 316 g/mol. The van der Waals surface area contributed by atoms with Gasteiger partial charge in [-0.25, -0.2) is 18.5 Å². The summed E-state index contributed by atoms with van der Waals surface area (Å²) in [6.45, 7) is 1.95. The molecule has 1 heterocycles. The summed E-state index contributed by atoms with van der Waals surface area (Å²) in [7, 11) is -3.75. The van der Waals surface area contributed by atoms with Gasteiger partial charge in [0, 0.05) is 6.20 Å². The first-order valence-corrected chi connectivity index (χ1v) is 8.24. The predicted octanol–water partition coefficient (Wildman–Crippen LogP) is 2.16. The van der Waals surface area contributed by atoms with Crippen molar-refractivity contribution >= 4 is 15.8 Å². The largest absolute Gasteiger partial charge is 0.362 e. The molecule has 1 atom stereocenters. The smallest absolute Gasteiger partial charge is 0.238 e. The van der Waals surface area contributed by atoms with E-state index in [4.69, 9.17) is 10.4 Å². The second-order valence-electron chi connectivity index (χ2n) is 4.73. The van der Waals surface area contributed by atoms with Crippen LogP contribution in [0, 0.1) is 11.3 Å². The molecule has 0 saturated carbocycles. The Hall–Kier alpha value is -2.43. The molecule has 114 valence electrons. The Balaban J connectivity index is 2.35. The summed E-state index contributed by atoms with van der Waals surface area (Å²) in [6, 6.07) is 11.7. The van der Waals surface area contributed by atoms with Gasteiger partial charge in [0.15, 0.2) is 0 Å². The molecule has 0 radical (unpaired) electrons. The van der Waals surface area contributed by atoms with Crippen LogP contribution in [-0.2, 0) is 10.0 Å². The SMILES string of the molecule is CCC(Nc1ncccc1C#N)c1cccc(S(N)(=O)=O)c1. The van der Waals surface area contributed by atoms with Gasteiger partial charge in [-0.1, -0.05) is 19.1 Å². The molecule has 1 aromatic heterocycles. The van der Waals surface area contributed by atoms with Crippen LogP contribution in [0.2, 0.25) is 0 Å². The van der Waals surface area contributed by atoms with Gasteiger partial charge in [0.1, 0.15) is 11.9 Å². The Kier molecular flexibility index (Phi) is 4.75. The summed E-state index contributed by atoms with van der Waals surface area (Å²) in [5, 5.41) is 17.4. The molecule has 2 aromatic rings. The minimum Gasteiger partial charge on any atom is -0.362 e. The van der Waals surface area contributed by atoms with E-state index in [1.54, 1.807) is 24.4 Å². The predicted molar refractivity (Wildman–Crippen MR) is 83.4 cm³/mol. The van der Waals surface area contributed by atoms with Crippen molar-refractivity contribution in [2.45, 2.75) is 24.3 Å². The average Bonchev–Trinajstić information content (AvgIpc) is 2.52. The van der Waals surface area contributed by atoms with E-state index in [0.717, 1.165) is 5.56 Å². The first-order chi connectivity index (χ1) is 10.5. The molecule has 0 fully saturated rings. The van der Waals surface area contributed by atoms with Gasteiger partial charge >= 0.3 is 0 Å². The fourth-order valence-corrected chi connectivity index (χ4v) is 2.67. The molecule has 22 heavy (non-hydrogen) atoms. The van der Waals surface area contributed by atoms with E-state index in [0.29, 0.717) is 17.8 Å². The fraction of sp³-hybridized carbons (Fsp3) is 0.200. The number of hydrogen-bond acceptors (Lipinski definition) is 5. The van der Waals surface area contributed by atoms with E-state index in [9.17, 15) is 8.42 Å². The maximum Gasteiger partial charge on any atom is 0.238 e. The number of rotatable bonds is 5. The Morgan fingerprint density at radius 3 is 2.77 bits per heavy atom. The molecule has 0 spiro atoms. The zero-order valence-corrected chi connectivity index (χ0v) is 12.8. The zero-order chi connectivity index (χ0) is 16.2. The Labute approximate surface area is 129 Å². The molecular formula is C15H16N4O2S. The van der Waals surface area contributed by atoms with Crippen molar-refractivity contribution in [3.63, 3.8) is 0 Å². The molecule has 7 heteroatoms. The standard InChI is InChI=1S/C15H16N4O2S/c1-2-14(19-15-12(10-16)6-4-8-18-15)11-5-3-7-13(9-11)22(17,20)21/h3-9,14H,2H2,1H3,(H,18,19)(H2,17,20,21). The van der Waals surface area contributed by atoms with E-state index in [1.165, 1.54) is 12.1 Å². The maximum absolute atomic E-state index is 11.5. The highest BCUT2D eigenvalue weighted by molar-refractivity contribution is 7.89. The zero-order valence-electron chi connectivity index (χ0n) is 12.0. The highest BCUT2D eigenvalue weighted by atomic mass is 32.2. The molecule has 6 nitrogen and oxygen atoms in total. The number of pyridine rings is 1. The first-order valence-electron chi connectivity index (χ1n) is 6.70. The molecule has 0 saturated heterocycles. The van der Waals surface area contributed by atoms with Gasteiger partial charge in [0.25, 0.3) is 0 Å². The van der Waals surface area contributed by atoms with E-state index >= 15 is 0 Å². The highest BCUT2D eigenvalue weighted by Crippen LogP contribution is 2.24. The lowest BCUT2D eigenvalue weighted by Crippen LogP contribution is -2.15. The topological polar surface area (TPSA) is 109 Å². The van der Waals surface area contributed by atoms with Crippen LogP contribution in [0.3, 0.4) is 0 Å². The van der Waals surface area contributed by atoms with E-state index in [1.807, 2.05) is 13.0 Å². The lowest BCUT2D eigenvalue weighted by atomic mass is 10.0. The third-order valence-corrected chi connectivity index (χ3v) is 4.15. The Morgan fingerprint density at radius 1 is 1.36 bits per heavy atom. The number of nitriles is 1. The van der Waals surface area contributed by atoms with Crippen molar-refractivity contribution in [1.82, 2.24) is 4.98 Å². The van der Waals surface area contributed by atoms with Gasteiger partial charge < -0.3 is 5.32 Å². The van der Waals surface area contributed by atoms with Gasteiger partial charge in [0.2, 0.25) is 10.0 Å². The third-order valence-electron chi connectivity index (χ3n) is 3.24. The van der Waals surface area contributed by atoms with Gasteiger partial charge in [-0.05, 0) is 36.2 Å². The molecule has 2 rings (SSSR count). The van der Waals surface area contributed by atoms with E-state index in [2.05, 4.69) is 16.4 Å². The minimum absolute atomic E-state index is 0.0618. The van der Waals surface area contributed by atoms with Crippen LogP contribution in [-0.4, -0.2) is 13.4 Å². The van der Waals surface area contributed by atoms with Crippen LogP contribution in [0.4, 0.5) is 5.82 Å². The Bertz CT molecular complexity index is 812. The molecule has 3 N–H and O–H groups in total. The molecule has 0 amide bonds. The highest BCUT2D eigenvalue weighted by Gasteiger charge is 2.15. The maximum atomic E-state index is 11.5. The van der Waals surface area contributed by atoms with Gasteiger partial charge in [-0.2, -0.15) is 5.26 Å². The van der Waals surface area contributed by atoms with Crippen molar-refractivity contribution in [2.24, 2.45) is 5.14 Å². The second-order valence-corrected chi connectivity index (χ2v) is 6.30. The second kappa shape index (κ2) is 6.56. The number of nitrogens with two attached hydrogens (primary N) is 1. The molecule has 0 bridgehead atoms. The van der Waals surface area contributed by atoms with Crippen LogP contribution in [0.15, 0.2) is 47.5 Å². The number of sulfonamides is 1. The van der Waals surface area contributed by atoms with Crippen LogP contribution in [0.25, 0.3) is 0 Å². The summed E-state index contributed by atoms with van der Waals surface area (Å²) >= 11 is 0. The van der Waals surface area contributed by atoms with Crippen LogP contribution in [0.5, 0.6) is 0 Å². The van der Waals surface area contributed by atoms with Crippen LogP contribution >= 0.6 is 0 Å². The number of hydrogen-bond donors (Lipinski definition) is 2. The molecular weight excluding hydrogens is 300 g/mol. The van der Waals surface area contributed by atoms with Crippen molar-refractivity contribution < 1.29 is 8.42 Å². The number of nitrogens with one attached hydrogen (secondary N) is 1. The number of nitrogens with zero attached hydrogens (tertiary/aromatic N) is 2. The van der Waals surface area contributed by atoms with Crippen molar-refractivity contribution in [1.29, 1.82) is 5.26 Å². The normalized spacial score (nSPS) is 12.4. The lowest BCUT2D eigenvalue weighted by Gasteiger charge is -2.19. The van der Waals surface area contributed by atoms with Gasteiger partial charge in [0.05, 0.1) is 16.5 Å². The summed E-state index contributed by atoms with van der Waals surface area (Å²) < 4.78 is 22.9. The van der Waals surface area contributed by atoms with Crippen molar-refractivity contribution in [3.05, 3.63) is 53.7 Å². The van der Waals surface area contributed by atoms with E-state index < -0.39 is 10.0 Å². The van der Waals surface area contributed by atoms with Crippen molar-refractivity contribution in [2.75, 3.05) is 5.32 Å². The van der Waals surface area contributed by atoms with Crippen LogP contribution < -0.4 is 10.5 Å². The molecule has 0 aliphatic heterocycles. The van der Waals surface area contributed by atoms with Crippen LogP contribution in [0.1, 0.15) is 30.5 Å². The van der Waals surface area contributed by atoms with E-state index in [-0.39, 0.29) is 10.9 Å². The number of anilines is 1. The molecule has 0 aliphatic carbocycles. The third kappa shape index (κ3) is 3.61. The molecule has 1 unspecified atom stereocenters. The lowest BCUT2D eigenvalue weighted by molar-refractivity contribution is 0.597. The molecule has 1 aromatic carbocycles. The van der Waals surface area contributed by atoms with Gasteiger partial charge in [-0.15, -0.1) is 0 Å². The van der Waals surface area contributed by atoms with Crippen molar-refractivity contribution in [3.8, 4) is 6.07 Å². The number of benzene rings is 1. The number of primary sulfonamides is 1. The minimum atomic E-state index is -3.75. The Morgan fingerprint density at radius 2 is 2.14 bits per heavy atom. The van der Waals surface area contributed by atoms with Gasteiger partial charge in [-0.3, -0.25) is 0 Å². The fourth-order valence-electron chi connectivity index (χ4n) is 2.10.